The second kappa shape index (κ2) is 10.5. The number of carbonyl (C=O) groups excluding carboxylic acids is 1. The number of alkyl halides is 3. The van der Waals surface area contributed by atoms with Crippen molar-refractivity contribution in [2.24, 2.45) is 11.7 Å². The van der Waals surface area contributed by atoms with Crippen LogP contribution in [-0.2, 0) is 4.79 Å². The molecule has 1 rings (SSSR count). The summed E-state index contributed by atoms with van der Waals surface area (Å²) in [5, 5.41) is 0. The van der Waals surface area contributed by atoms with E-state index in [1.807, 2.05) is 0 Å². The van der Waals surface area contributed by atoms with Gasteiger partial charge in [0.2, 0.25) is 5.91 Å². The molecule has 2 atom stereocenters. The van der Waals surface area contributed by atoms with Crippen LogP contribution in [0.15, 0.2) is 0 Å². The highest BCUT2D eigenvalue weighted by molar-refractivity contribution is 5.85. The Kier molecular flexibility index (Phi) is 11.5. The van der Waals surface area contributed by atoms with Crippen molar-refractivity contribution in [3.63, 3.8) is 0 Å². The molecule has 4 nitrogen and oxygen atoms in total. The Balaban J connectivity index is 0. The Morgan fingerprint density at radius 2 is 2.00 bits per heavy atom. The van der Waals surface area contributed by atoms with Crippen LogP contribution in [0.2, 0.25) is 0 Å². The van der Waals surface area contributed by atoms with Gasteiger partial charge in [-0.1, -0.05) is 6.92 Å². The lowest BCUT2D eigenvalue weighted by atomic mass is 10.1. The number of hydrogen-bond acceptors (Lipinski definition) is 3. The van der Waals surface area contributed by atoms with Crippen LogP contribution in [0.4, 0.5) is 13.2 Å². The second-order valence-corrected chi connectivity index (χ2v) is 5.62. The summed E-state index contributed by atoms with van der Waals surface area (Å²) in [6.07, 6.45) is -3.11. The molecule has 2 unspecified atom stereocenters. The maximum absolute atomic E-state index is 12.4. The third-order valence-electron chi connectivity index (χ3n) is 3.50. The number of halogens is 5. The Bertz CT molecular complexity index is 330. The van der Waals surface area contributed by atoms with Gasteiger partial charge in [0.25, 0.3) is 0 Å². The van der Waals surface area contributed by atoms with Gasteiger partial charge < -0.3 is 10.6 Å². The average molecular weight is 368 g/mol. The average Bonchev–Trinajstić information content (AvgIpc) is 2.74. The molecule has 1 heterocycles. The molecule has 0 aromatic rings. The lowest BCUT2D eigenvalue weighted by Crippen LogP contribution is -2.39. The standard InChI is InChI=1S/C13H24F3N3O.2ClH/c1-3-18(9-13(14,15)16)7-11-4-5-19(8-11)12(20)6-10(2)17;;/h10-11H,3-9,17H2,1-2H3;2*1H. The second-order valence-electron chi connectivity index (χ2n) is 5.62. The van der Waals surface area contributed by atoms with E-state index in [1.165, 1.54) is 4.90 Å². The number of hydrogen-bond donors (Lipinski definition) is 1. The number of likely N-dealkylation sites (tertiary alicyclic amines) is 1. The normalized spacial score (nSPS) is 19.6. The molecule has 0 saturated carbocycles. The van der Waals surface area contributed by atoms with Gasteiger partial charge >= 0.3 is 6.18 Å². The molecule has 1 amide bonds. The van der Waals surface area contributed by atoms with Crippen molar-refractivity contribution in [1.29, 1.82) is 0 Å². The first kappa shape index (κ1) is 24.0. The minimum atomic E-state index is -4.17. The predicted molar refractivity (Wildman–Crippen MR) is 85.6 cm³/mol. The molecular weight excluding hydrogens is 342 g/mol. The lowest BCUT2D eigenvalue weighted by Gasteiger charge is -2.25. The van der Waals surface area contributed by atoms with Crippen LogP contribution in [0.1, 0.15) is 26.7 Å². The molecule has 1 saturated heterocycles. The fraction of sp³-hybridized carbons (Fsp3) is 0.923. The van der Waals surface area contributed by atoms with Crippen LogP contribution in [0, 0.1) is 5.92 Å². The maximum atomic E-state index is 12.4. The van der Waals surface area contributed by atoms with Gasteiger partial charge in [0, 0.05) is 32.1 Å². The maximum Gasteiger partial charge on any atom is 0.401 e. The minimum absolute atomic E-state index is 0. The van der Waals surface area contributed by atoms with Crippen LogP contribution in [0.25, 0.3) is 0 Å². The number of rotatable bonds is 6. The largest absolute Gasteiger partial charge is 0.401 e. The molecule has 2 N–H and O–H groups in total. The summed E-state index contributed by atoms with van der Waals surface area (Å²) in [5.74, 6) is 0.121. The lowest BCUT2D eigenvalue weighted by molar-refractivity contribution is -0.146. The fourth-order valence-corrected chi connectivity index (χ4v) is 2.54. The SMILES string of the molecule is CCN(CC1CCN(C(=O)CC(C)N)C1)CC(F)(F)F.Cl.Cl. The van der Waals surface area contributed by atoms with Crippen LogP contribution in [-0.4, -0.2) is 60.6 Å². The van der Waals surface area contributed by atoms with E-state index in [2.05, 4.69) is 0 Å². The van der Waals surface area contributed by atoms with Crippen molar-refractivity contribution in [2.75, 3.05) is 32.7 Å². The van der Waals surface area contributed by atoms with Crippen molar-refractivity contribution in [3.8, 4) is 0 Å². The predicted octanol–water partition coefficient (Wildman–Crippen LogP) is 2.30. The Hall–Kier alpha value is -0.240. The molecule has 0 aliphatic carbocycles. The van der Waals surface area contributed by atoms with Crippen molar-refractivity contribution in [2.45, 2.75) is 38.9 Å². The van der Waals surface area contributed by atoms with Gasteiger partial charge in [0.15, 0.2) is 0 Å². The highest BCUT2D eigenvalue weighted by Gasteiger charge is 2.33. The van der Waals surface area contributed by atoms with Crippen molar-refractivity contribution in [3.05, 3.63) is 0 Å². The third kappa shape index (κ3) is 9.02. The smallest absolute Gasteiger partial charge is 0.342 e. The first-order valence-corrected chi connectivity index (χ1v) is 7.03. The summed E-state index contributed by atoms with van der Waals surface area (Å²) in [5.41, 5.74) is 5.59. The van der Waals surface area contributed by atoms with E-state index in [0.717, 1.165) is 6.42 Å². The summed E-state index contributed by atoms with van der Waals surface area (Å²) in [4.78, 5) is 14.9. The molecule has 1 aliphatic heterocycles. The van der Waals surface area contributed by atoms with Crippen molar-refractivity contribution < 1.29 is 18.0 Å². The Morgan fingerprint density at radius 1 is 1.41 bits per heavy atom. The Morgan fingerprint density at radius 3 is 2.45 bits per heavy atom. The highest BCUT2D eigenvalue weighted by atomic mass is 35.5. The summed E-state index contributed by atoms with van der Waals surface area (Å²) < 4.78 is 37.2. The summed E-state index contributed by atoms with van der Waals surface area (Å²) in [7, 11) is 0. The monoisotopic (exact) mass is 367 g/mol. The van der Waals surface area contributed by atoms with Gasteiger partial charge in [-0.15, -0.1) is 24.8 Å². The molecule has 1 fully saturated rings. The zero-order chi connectivity index (χ0) is 15.3. The molecule has 1 aliphatic rings. The third-order valence-corrected chi connectivity index (χ3v) is 3.50. The molecule has 0 aromatic heterocycles. The van der Waals surface area contributed by atoms with Crippen LogP contribution >= 0.6 is 24.8 Å². The van der Waals surface area contributed by atoms with Gasteiger partial charge in [-0.2, -0.15) is 13.2 Å². The molecule has 0 bridgehead atoms. The van der Waals surface area contributed by atoms with E-state index in [4.69, 9.17) is 5.73 Å². The summed E-state index contributed by atoms with van der Waals surface area (Å²) >= 11 is 0. The summed E-state index contributed by atoms with van der Waals surface area (Å²) in [6.45, 7) is 4.53. The number of carbonyl (C=O) groups is 1. The zero-order valence-corrected chi connectivity index (χ0v) is 14.6. The topological polar surface area (TPSA) is 49.6 Å². The van der Waals surface area contributed by atoms with E-state index in [-0.39, 0.29) is 42.7 Å². The molecule has 0 aromatic carbocycles. The highest BCUT2D eigenvalue weighted by Crippen LogP contribution is 2.21. The van der Waals surface area contributed by atoms with Gasteiger partial charge in [0.05, 0.1) is 6.54 Å². The van der Waals surface area contributed by atoms with Gasteiger partial charge in [-0.25, -0.2) is 0 Å². The number of nitrogens with zero attached hydrogens (tertiary/aromatic N) is 2. The number of nitrogens with two attached hydrogens (primary N) is 1. The van der Waals surface area contributed by atoms with E-state index in [1.54, 1.807) is 18.7 Å². The van der Waals surface area contributed by atoms with E-state index >= 15 is 0 Å². The van der Waals surface area contributed by atoms with Crippen molar-refractivity contribution >= 4 is 30.7 Å². The molecule has 22 heavy (non-hydrogen) atoms. The van der Waals surface area contributed by atoms with Gasteiger partial charge in [-0.3, -0.25) is 9.69 Å². The molecule has 0 radical (unpaired) electrons. The first-order chi connectivity index (χ1) is 9.21. The summed E-state index contributed by atoms with van der Waals surface area (Å²) in [6, 6.07) is -0.182. The molecule has 9 heteroatoms. The molecule has 134 valence electrons. The van der Waals surface area contributed by atoms with Gasteiger partial charge in [0.1, 0.15) is 0 Å². The fourth-order valence-electron chi connectivity index (χ4n) is 2.54. The number of amides is 1. The molecular formula is C13H26Cl2F3N3O. The minimum Gasteiger partial charge on any atom is -0.342 e. The molecule has 0 spiro atoms. The quantitative estimate of drug-likeness (QED) is 0.783. The first-order valence-electron chi connectivity index (χ1n) is 7.03. The Labute approximate surface area is 142 Å². The van der Waals surface area contributed by atoms with Crippen LogP contribution in [0.5, 0.6) is 0 Å². The van der Waals surface area contributed by atoms with E-state index < -0.39 is 12.7 Å². The zero-order valence-electron chi connectivity index (χ0n) is 12.9. The van der Waals surface area contributed by atoms with E-state index in [0.29, 0.717) is 32.6 Å². The van der Waals surface area contributed by atoms with Crippen molar-refractivity contribution in [1.82, 2.24) is 9.80 Å². The van der Waals surface area contributed by atoms with Gasteiger partial charge in [-0.05, 0) is 25.8 Å². The van der Waals surface area contributed by atoms with Crippen LogP contribution < -0.4 is 5.73 Å². The van der Waals surface area contributed by atoms with E-state index in [9.17, 15) is 18.0 Å². The van der Waals surface area contributed by atoms with Crippen LogP contribution in [0.3, 0.4) is 0 Å².